The van der Waals surface area contributed by atoms with E-state index in [1.807, 2.05) is 38.1 Å². The number of nitrogens with one attached hydrogen (secondary N) is 1. The molecule has 0 spiro atoms. The molecule has 0 unspecified atom stereocenters. The Morgan fingerprint density at radius 1 is 1.19 bits per heavy atom. The van der Waals surface area contributed by atoms with Crippen LogP contribution >= 0.6 is 15.9 Å². The molecule has 0 fully saturated rings. The van der Waals surface area contributed by atoms with Gasteiger partial charge in [0.05, 0.1) is 13.1 Å². The molecule has 0 aromatic heterocycles. The summed E-state index contributed by atoms with van der Waals surface area (Å²) in [4.78, 5) is 27.3. The van der Waals surface area contributed by atoms with Crippen molar-refractivity contribution in [2.24, 2.45) is 0 Å². The molecule has 5 nitrogen and oxygen atoms in total. The summed E-state index contributed by atoms with van der Waals surface area (Å²) < 4.78 is 0.908. The van der Waals surface area contributed by atoms with Crippen LogP contribution in [0.25, 0.3) is 0 Å². The Bertz CT molecular complexity index is 490. The minimum Gasteiger partial charge on any atom is -0.342 e. The first-order valence-corrected chi connectivity index (χ1v) is 7.77. The van der Waals surface area contributed by atoms with Crippen molar-refractivity contribution in [2.45, 2.75) is 13.8 Å². The molecule has 1 N–H and O–H groups in total. The first kappa shape index (κ1) is 17.7. The monoisotopic (exact) mass is 355 g/mol. The highest BCUT2D eigenvalue weighted by Crippen LogP contribution is 2.15. The van der Waals surface area contributed by atoms with Gasteiger partial charge in [-0.2, -0.15) is 0 Å². The summed E-state index contributed by atoms with van der Waals surface area (Å²) in [7, 11) is 1.77. The van der Waals surface area contributed by atoms with Gasteiger partial charge >= 0.3 is 0 Å². The Hall–Kier alpha value is -1.40. The molecule has 116 valence electrons. The number of halogens is 1. The van der Waals surface area contributed by atoms with Gasteiger partial charge in [-0.05, 0) is 39.1 Å². The number of hydrogen-bond donors (Lipinski definition) is 1. The second-order valence-electron chi connectivity index (χ2n) is 4.80. The zero-order valence-corrected chi connectivity index (χ0v) is 14.3. The highest BCUT2D eigenvalue weighted by molar-refractivity contribution is 9.10. The molecule has 0 aliphatic heterocycles. The number of rotatable bonds is 7. The van der Waals surface area contributed by atoms with Gasteiger partial charge in [-0.3, -0.25) is 14.5 Å². The van der Waals surface area contributed by atoms with Crippen LogP contribution in [0.4, 0.5) is 5.69 Å². The maximum absolute atomic E-state index is 11.9. The van der Waals surface area contributed by atoms with Gasteiger partial charge in [-0.15, -0.1) is 0 Å². The summed E-state index contributed by atoms with van der Waals surface area (Å²) >= 11 is 3.36. The third-order valence-electron chi connectivity index (χ3n) is 3.04. The van der Waals surface area contributed by atoms with Gasteiger partial charge in [0.1, 0.15) is 0 Å². The van der Waals surface area contributed by atoms with Gasteiger partial charge in [-0.25, -0.2) is 0 Å². The number of benzene rings is 1. The Labute approximate surface area is 134 Å². The fourth-order valence-corrected chi connectivity index (χ4v) is 2.37. The summed E-state index contributed by atoms with van der Waals surface area (Å²) in [6, 6.07) is 7.40. The predicted molar refractivity (Wildman–Crippen MR) is 88.2 cm³/mol. The van der Waals surface area contributed by atoms with E-state index < -0.39 is 0 Å². The summed E-state index contributed by atoms with van der Waals surface area (Å²) in [5.41, 5.74) is 0.734. The quantitative estimate of drug-likeness (QED) is 0.815. The lowest BCUT2D eigenvalue weighted by atomic mass is 10.3. The lowest BCUT2D eigenvalue weighted by Gasteiger charge is -2.22. The Morgan fingerprint density at radius 3 is 2.43 bits per heavy atom. The number of nitrogens with zero attached hydrogens (tertiary/aromatic N) is 2. The number of carbonyl (C=O) groups excluding carboxylic acids is 2. The van der Waals surface area contributed by atoms with E-state index in [9.17, 15) is 9.59 Å². The van der Waals surface area contributed by atoms with Crippen molar-refractivity contribution < 1.29 is 9.59 Å². The van der Waals surface area contributed by atoms with Crippen LogP contribution in [-0.4, -0.2) is 54.8 Å². The maximum atomic E-state index is 11.9. The lowest BCUT2D eigenvalue weighted by Crippen LogP contribution is -2.41. The van der Waals surface area contributed by atoms with Crippen molar-refractivity contribution in [2.75, 3.05) is 38.5 Å². The van der Waals surface area contributed by atoms with Crippen LogP contribution in [0.1, 0.15) is 13.8 Å². The molecule has 0 radical (unpaired) electrons. The third-order valence-corrected chi connectivity index (χ3v) is 3.54. The van der Waals surface area contributed by atoms with Gasteiger partial charge in [0, 0.05) is 23.2 Å². The molecule has 6 heteroatoms. The molecular formula is C15H22BrN3O2. The number of anilines is 1. The lowest BCUT2D eigenvalue weighted by molar-refractivity contribution is -0.132. The van der Waals surface area contributed by atoms with E-state index >= 15 is 0 Å². The Balaban J connectivity index is 2.45. The topological polar surface area (TPSA) is 52.7 Å². The van der Waals surface area contributed by atoms with Crippen LogP contribution in [0.15, 0.2) is 28.7 Å². The molecule has 1 aromatic rings. The second-order valence-corrected chi connectivity index (χ2v) is 5.71. The van der Waals surface area contributed by atoms with Crippen molar-refractivity contribution in [1.82, 2.24) is 9.80 Å². The second kappa shape index (κ2) is 8.79. The molecule has 2 amide bonds. The molecule has 1 rings (SSSR count). The molecular weight excluding hydrogens is 334 g/mol. The Kier molecular flexibility index (Phi) is 7.39. The normalized spacial score (nSPS) is 10.5. The molecule has 21 heavy (non-hydrogen) atoms. The van der Waals surface area contributed by atoms with E-state index in [1.165, 1.54) is 0 Å². The van der Waals surface area contributed by atoms with Gasteiger partial charge in [0.2, 0.25) is 11.8 Å². The third kappa shape index (κ3) is 6.27. The largest absolute Gasteiger partial charge is 0.342 e. The van der Waals surface area contributed by atoms with E-state index in [4.69, 9.17) is 0 Å². The van der Waals surface area contributed by atoms with Crippen molar-refractivity contribution in [1.29, 1.82) is 0 Å². The zero-order valence-electron chi connectivity index (χ0n) is 12.7. The molecule has 1 aromatic carbocycles. The number of likely N-dealkylation sites (N-methyl/N-ethyl adjacent to an activating group) is 2. The van der Waals surface area contributed by atoms with E-state index in [0.29, 0.717) is 13.1 Å². The molecule has 0 saturated heterocycles. The highest BCUT2D eigenvalue weighted by Gasteiger charge is 2.14. The zero-order chi connectivity index (χ0) is 15.8. The van der Waals surface area contributed by atoms with Crippen LogP contribution in [0, 0.1) is 0 Å². The van der Waals surface area contributed by atoms with Crippen molar-refractivity contribution in [3.05, 3.63) is 28.7 Å². The fourth-order valence-electron chi connectivity index (χ4n) is 1.98. The Morgan fingerprint density at radius 2 is 1.86 bits per heavy atom. The summed E-state index contributed by atoms with van der Waals surface area (Å²) in [6.45, 7) is 5.69. The van der Waals surface area contributed by atoms with Crippen molar-refractivity contribution in [3.63, 3.8) is 0 Å². The first-order valence-electron chi connectivity index (χ1n) is 6.98. The number of amides is 2. The van der Waals surface area contributed by atoms with Crippen molar-refractivity contribution >= 4 is 33.4 Å². The molecule has 0 bridgehead atoms. The number of hydrogen-bond acceptors (Lipinski definition) is 3. The average molecular weight is 356 g/mol. The summed E-state index contributed by atoms with van der Waals surface area (Å²) in [5.74, 6) is -0.0966. The van der Waals surface area contributed by atoms with E-state index in [2.05, 4.69) is 21.2 Å². The van der Waals surface area contributed by atoms with E-state index in [-0.39, 0.29) is 24.9 Å². The molecule has 0 heterocycles. The summed E-state index contributed by atoms with van der Waals surface area (Å²) in [5, 5.41) is 2.81. The first-order chi connectivity index (χ1) is 9.96. The van der Waals surface area contributed by atoms with Crippen LogP contribution in [0.3, 0.4) is 0 Å². The smallest absolute Gasteiger partial charge is 0.238 e. The summed E-state index contributed by atoms with van der Waals surface area (Å²) in [6.07, 6.45) is 0. The molecule has 0 saturated carbocycles. The van der Waals surface area contributed by atoms with Gasteiger partial charge in [-0.1, -0.05) is 22.0 Å². The SMILES string of the molecule is CCN(CC)C(=O)CN(C)CC(=O)Nc1cccc(Br)c1. The minimum atomic E-state index is -0.136. The predicted octanol–water partition coefficient (Wildman–Crippen LogP) is 2.19. The maximum Gasteiger partial charge on any atom is 0.238 e. The van der Waals surface area contributed by atoms with Gasteiger partial charge in [0.25, 0.3) is 0 Å². The van der Waals surface area contributed by atoms with Crippen LogP contribution < -0.4 is 5.32 Å². The van der Waals surface area contributed by atoms with Gasteiger partial charge in [0.15, 0.2) is 0 Å². The molecule has 0 aliphatic carbocycles. The van der Waals surface area contributed by atoms with E-state index in [0.717, 1.165) is 10.2 Å². The van der Waals surface area contributed by atoms with Gasteiger partial charge < -0.3 is 10.2 Å². The number of carbonyl (C=O) groups is 2. The van der Waals surface area contributed by atoms with E-state index in [1.54, 1.807) is 16.8 Å². The standard InChI is InChI=1S/C15H22BrN3O2/c1-4-19(5-2)15(21)11-18(3)10-14(20)17-13-8-6-7-12(16)9-13/h6-9H,4-5,10-11H2,1-3H3,(H,17,20). The highest BCUT2D eigenvalue weighted by atomic mass is 79.9. The molecule has 0 aliphatic rings. The fraction of sp³-hybridized carbons (Fsp3) is 0.467. The molecule has 0 atom stereocenters. The van der Waals surface area contributed by atoms with Crippen LogP contribution in [0.2, 0.25) is 0 Å². The van der Waals surface area contributed by atoms with Crippen LogP contribution in [0.5, 0.6) is 0 Å². The van der Waals surface area contributed by atoms with Crippen LogP contribution in [-0.2, 0) is 9.59 Å². The average Bonchev–Trinajstić information content (AvgIpc) is 2.39. The van der Waals surface area contributed by atoms with Crippen molar-refractivity contribution in [3.8, 4) is 0 Å². The minimum absolute atomic E-state index is 0.0396.